The molecule has 3 aromatic heterocycles. The van der Waals surface area contributed by atoms with E-state index in [1.165, 1.54) is 66.6 Å². The molecule has 0 fully saturated rings. The maximum Gasteiger partial charge on any atom is 0.144 e. The van der Waals surface area contributed by atoms with Crippen LogP contribution in [0.15, 0.2) is 140 Å². The van der Waals surface area contributed by atoms with E-state index in [4.69, 9.17) is 14.7 Å². The molecule has 0 spiro atoms. The SMILES string of the molecule is Cc1cccc(C)c1-c1cc(C)c(-n2ccnc2-c2cccc(Oc3ccc4c5ccccc5n(-c5cc(-c6c(C(C)(C)C)cc(C(C)(C)C)cc6C(C)(C)C)ccn5)c4c3)c2)c(C)c1. The summed E-state index contributed by atoms with van der Waals surface area (Å²) < 4.78 is 11.3. The highest BCUT2D eigenvalue weighted by Crippen LogP contribution is 2.45. The van der Waals surface area contributed by atoms with Gasteiger partial charge in [-0.1, -0.05) is 123 Å². The summed E-state index contributed by atoms with van der Waals surface area (Å²) in [6.45, 7) is 29.7. The van der Waals surface area contributed by atoms with Gasteiger partial charge in [0.05, 0.1) is 16.7 Å². The van der Waals surface area contributed by atoms with E-state index in [0.717, 1.165) is 50.8 Å². The molecule has 0 saturated carbocycles. The molecule has 0 amide bonds. The Balaban J connectivity index is 1.11. The minimum absolute atomic E-state index is 0.0150. The minimum atomic E-state index is -0.0832. The second-order valence-corrected chi connectivity index (χ2v) is 21.1. The summed E-state index contributed by atoms with van der Waals surface area (Å²) in [5, 5.41) is 2.31. The first kappa shape index (κ1) is 43.5. The molecule has 328 valence electrons. The molecule has 3 heterocycles. The highest BCUT2D eigenvalue weighted by Gasteiger charge is 2.30. The highest BCUT2D eigenvalue weighted by molar-refractivity contribution is 6.09. The fourth-order valence-electron chi connectivity index (χ4n) is 9.81. The van der Waals surface area contributed by atoms with Gasteiger partial charge in [0.2, 0.25) is 0 Å². The lowest BCUT2D eigenvalue weighted by Crippen LogP contribution is -2.23. The van der Waals surface area contributed by atoms with Crippen molar-refractivity contribution in [1.29, 1.82) is 0 Å². The minimum Gasteiger partial charge on any atom is -0.457 e. The van der Waals surface area contributed by atoms with Crippen molar-refractivity contribution in [3.05, 3.63) is 179 Å². The van der Waals surface area contributed by atoms with Gasteiger partial charge in [0.1, 0.15) is 23.1 Å². The number of hydrogen-bond acceptors (Lipinski definition) is 3. The number of benzene rings is 6. The summed E-state index contributed by atoms with van der Waals surface area (Å²) in [5.41, 5.74) is 18.1. The number of nitrogens with zero attached hydrogens (tertiary/aromatic N) is 4. The van der Waals surface area contributed by atoms with Gasteiger partial charge in [0.25, 0.3) is 0 Å². The zero-order chi connectivity index (χ0) is 46.2. The van der Waals surface area contributed by atoms with E-state index in [1.807, 2.05) is 24.5 Å². The number of aromatic nitrogens is 4. The second kappa shape index (κ2) is 16.1. The second-order valence-electron chi connectivity index (χ2n) is 21.1. The van der Waals surface area contributed by atoms with Gasteiger partial charge in [-0.3, -0.25) is 9.13 Å². The van der Waals surface area contributed by atoms with E-state index in [1.54, 1.807) is 0 Å². The van der Waals surface area contributed by atoms with Crippen molar-refractivity contribution in [3.63, 3.8) is 0 Å². The first-order chi connectivity index (χ1) is 30.8. The maximum absolute atomic E-state index is 6.76. The summed E-state index contributed by atoms with van der Waals surface area (Å²) in [6.07, 6.45) is 5.91. The van der Waals surface area contributed by atoms with Crippen LogP contribution in [0.3, 0.4) is 0 Å². The van der Waals surface area contributed by atoms with Gasteiger partial charge < -0.3 is 4.74 Å². The van der Waals surface area contributed by atoms with Crippen LogP contribution in [-0.4, -0.2) is 19.1 Å². The first-order valence-electron chi connectivity index (χ1n) is 23.0. The number of fused-ring (bicyclic) bond motifs is 3. The van der Waals surface area contributed by atoms with E-state index in [-0.39, 0.29) is 16.2 Å². The van der Waals surface area contributed by atoms with Crippen LogP contribution in [0.5, 0.6) is 11.5 Å². The Kier molecular flexibility index (Phi) is 10.8. The zero-order valence-corrected chi connectivity index (χ0v) is 40.5. The lowest BCUT2D eigenvalue weighted by Gasteiger charge is -2.34. The molecule has 0 N–H and O–H groups in total. The molecule has 0 aliphatic carbocycles. The van der Waals surface area contributed by atoms with Crippen molar-refractivity contribution in [1.82, 2.24) is 19.1 Å². The number of para-hydroxylation sites is 1. The molecule has 0 aliphatic heterocycles. The van der Waals surface area contributed by atoms with Gasteiger partial charge in [-0.25, -0.2) is 9.97 Å². The Hall–Kier alpha value is -6.72. The van der Waals surface area contributed by atoms with E-state index in [2.05, 4.69) is 215 Å². The van der Waals surface area contributed by atoms with Crippen molar-refractivity contribution in [2.24, 2.45) is 0 Å². The van der Waals surface area contributed by atoms with E-state index in [0.29, 0.717) is 0 Å². The number of ether oxygens (including phenoxy) is 1. The number of rotatable bonds is 7. The summed E-state index contributed by atoms with van der Waals surface area (Å²) in [6, 6.07) is 43.8. The van der Waals surface area contributed by atoms with Gasteiger partial charge in [-0.2, -0.15) is 0 Å². The standard InChI is InChI=1S/C60H62N4O/c1-37-18-16-19-38(2)54(37)43-30-39(3)56(40(4)31-43)63-29-28-62-57(63)42-20-17-21-45(32-42)65-46-24-25-48-47-22-14-15-23-51(47)64(52(48)36-46)53-33-41(26-27-61-53)55-49(59(8,9)10)34-44(58(5,6)7)35-50(55)60(11,12)13/h14-36H,1-13H3. The average Bonchev–Trinajstić information content (AvgIpc) is 3.85. The number of pyridine rings is 1. The van der Waals surface area contributed by atoms with Gasteiger partial charge in [0, 0.05) is 41.0 Å². The van der Waals surface area contributed by atoms with Crippen molar-refractivity contribution in [2.75, 3.05) is 0 Å². The Morgan fingerprint density at radius 3 is 1.75 bits per heavy atom. The third kappa shape index (κ3) is 8.07. The van der Waals surface area contributed by atoms with Crippen molar-refractivity contribution < 1.29 is 4.74 Å². The van der Waals surface area contributed by atoms with Crippen LogP contribution >= 0.6 is 0 Å². The normalized spacial score (nSPS) is 12.4. The Bertz CT molecular complexity index is 3210. The Morgan fingerprint density at radius 2 is 1.09 bits per heavy atom. The number of hydrogen-bond donors (Lipinski definition) is 0. The third-order valence-electron chi connectivity index (χ3n) is 13.0. The lowest BCUT2D eigenvalue weighted by atomic mass is 9.71. The molecule has 0 atom stereocenters. The molecule has 0 bridgehead atoms. The number of aryl methyl sites for hydroxylation is 4. The molecular formula is C60H62N4O. The topological polar surface area (TPSA) is 44.9 Å². The predicted octanol–water partition coefficient (Wildman–Crippen LogP) is 16.3. The fourth-order valence-corrected chi connectivity index (χ4v) is 9.81. The summed E-state index contributed by atoms with van der Waals surface area (Å²) in [5.74, 6) is 3.21. The zero-order valence-electron chi connectivity index (χ0n) is 40.5. The monoisotopic (exact) mass is 854 g/mol. The third-order valence-corrected chi connectivity index (χ3v) is 13.0. The molecule has 65 heavy (non-hydrogen) atoms. The molecule has 6 aromatic carbocycles. The maximum atomic E-state index is 6.76. The molecule has 5 nitrogen and oxygen atoms in total. The Labute approximate surface area is 385 Å². The summed E-state index contributed by atoms with van der Waals surface area (Å²) in [7, 11) is 0. The molecule has 0 aliphatic rings. The predicted molar refractivity (Wildman–Crippen MR) is 274 cm³/mol. The molecule has 0 radical (unpaired) electrons. The van der Waals surface area contributed by atoms with Crippen LogP contribution in [0.2, 0.25) is 0 Å². The van der Waals surface area contributed by atoms with Crippen molar-refractivity contribution in [2.45, 2.75) is 106 Å². The largest absolute Gasteiger partial charge is 0.457 e. The molecule has 0 unspecified atom stereocenters. The summed E-state index contributed by atoms with van der Waals surface area (Å²) in [4.78, 5) is 9.98. The van der Waals surface area contributed by atoms with Crippen LogP contribution in [-0.2, 0) is 16.2 Å². The first-order valence-corrected chi connectivity index (χ1v) is 23.0. The van der Waals surface area contributed by atoms with E-state index >= 15 is 0 Å². The average molecular weight is 855 g/mol. The molecule has 9 rings (SSSR count). The highest BCUT2D eigenvalue weighted by atomic mass is 16.5. The van der Waals surface area contributed by atoms with Gasteiger partial charge in [0.15, 0.2) is 0 Å². The summed E-state index contributed by atoms with van der Waals surface area (Å²) >= 11 is 0. The molecule has 5 heteroatoms. The lowest BCUT2D eigenvalue weighted by molar-refractivity contribution is 0.483. The van der Waals surface area contributed by atoms with Crippen LogP contribution < -0.4 is 4.74 Å². The molecular weight excluding hydrogens is 793 g/mol. The van der Waals surface area contributed by atoms with Crippen LogP contribution in [0.4, 0.5) is 0 Å². The van der Waals surface area contributed by atoms with Gasteiger partial charge >= 0.3 is 0 Å². The van der Waals surface area contributed by atoms with Crippen molar-refractivity contribution in [3.8, 4) is 56.6 Å². The van der Waals surface area contributed by atoms with Crippen molar-refractivity contribution >= 4 is 21.8 Å². The molecule has 0 saturated heterocycles. The van der Waals surface area contributed by atoms with Crippen LogP contribution in [0, 0.1) is 27.7 Å². The quantitative estimate of drug-likeness (QED) is 0.160. The van der Waals surface area contributed by atoms with Crippen LogP contribution in [0.25, 0.3) is 67.0 Å². The van der Waals surface area contributed by atoms with Gasteiger partial charge in [-0.05, 0) is 160 Å². The number of imidazole rings is 1. The van der Waals surface area contributed by atoms with Gasteiger partial charge in [-0.15, -0.1) is 0 Å². The van der Waals surface area contributed by atoms with Crippen LogP contribution in [0.1, 0.15) is 101 Å². The molecule has 9 aromatic rings. The fraction of sp³-hybridized carbons (Fsp3) is 0.267. The smallest absolute Gasteiger partial charge is 0.144 e. The van der Waals surface area contributed by atoms with E-state index < -0.39 is 0 Å². The van der Waals surface area contributed by atoms with E-state index in [9.17, 15) is 0 Å². The Morgan fingerprint density at radius 1 is 0.462 bits per heavy atom.